The molecule has 0 fully saturated rings. The number of fused-ring (bicyclic) bond motifs is 1. The van der Waals surface area contributed by atoms with E-state index in [9.17, 15) is 8.78 Å². The molecule has 0 spiro atoms. The molecule has 0 bridgehead atoms. The highest BCUT2D eigenvalue weighted by Gasteiger charge is 2.12. The number of oxazole rings is 1. The van der Waals surface area contributed by atoms with Crippen LogP contribution in [0.4, 0.5) is 8.78 Å². The molecule has 0 saturated carbocycles. The van der Waals surface area contributed by atoms with Crippen LogP contribution in [0.3, 0.4) is 0 Å². The first-order chi connectivity index (χ1) is 11.6. The lowest BCUT2D eigenvalue weighted by Gasteiger charge is -2.10. The first-order valence-electron chi connectivity index (χ1n) is 6.93. The Balaban J connectivity index is 1.94. The number of hydrogen-bond acceptors (Lipinski definition) is 4. The average Bonchev–Trinajstić information content (AvgIpc) is 2.99. The van der Waals surface area contributed by atoms with Gasteiger partial charge < -0.3 is 13.9 Å². The standard InChI is InChI=1S/C17H12ClF2NO3/c1-22-14-7-6-10(9-15(14)24-17(19)20)8-11(18)16-21-12-4-2-3-5-13(12)23-16/h2-9,17H,1H3/b11-8-. The molecule has 2 aromatic carbocycles. The van der Waals surface area contributed by atoms with Gasteiger partial charge in [0.25, 0.3) is 0 Å². The summed E-state index contributed by atoms with van der Waals surface area (Å²) in [6.45, 7) is -2.95. The number of methoxy groups -OCH3 is 1. The number of hydrogen-bond donors (Lipinski definition) is 0. The summed E-state index contributed by atoms with van der Waals surface area (Å²) in [5.74, 6) is 0.360. The highest BCUT2D eigenvalue weighted by atomic mass is 35.5. The van der Waals surface area contributed by atoms with E-state index >= 15 is 0 Å². The molecule has 0 aliphatic rings. The molecule has 7 heteroatoms. The van der Waals surface area contributed by atoms with Gasteiger partial charge in [0, 0.05) is 0 Å². The minimum Gasteiger partial charge on any atom is -0.493 e. The molecule has 0 amide bonds. The molecule has 0 aliphatic heterocycles. The molecule has 0 N–H and O–H groups in total. The maximum atomic E-state index is 12.5. The Morgan fingerprint density at radius 3 is 2.71 bits per heavy atom. The Hall–Kier alpha value is -2.60. The van der Waals surface area contributed by atoms with Gasteiger partial charge in [-0.15, -0.1) is 0 Å². The lowest BCUT2D eigenvalue weighted by molar-refractivity contribution is -0.0512. The molecule has 0 atom stereocenters. The molecular weight excluding hydrogens is 340 g/mol. The lowest BCUT2D eigenvalue weighted by atomic mass is 10.2. The molecule has 3 aromatic rings. The first kappa shape index (κ1) is 16.3. The van der Waals surface area contributed by atoms with Crippen molar-refractivity contribution in [2.75, 3.05) is 7.11 Å². The number of ether oxygens (including phenoxy) is 2. The van der Waals surface area contributed by atoms with Gasteiger partial charge >= 0.3 is 6.61 Å². The predicted octanol–water partition coefficient (Wildman–Crippen LogP) is 5.17. The van der Waals surface area contributed by atoms with E-state index in [-0.39, 0.29) is 22.4 Å². The molecule has 0 saturated heterocycles. The zero-order valence-electron chi connectivity index (χ0n) is 12.5. The number of aromatic nitrogens is 1. The Bertz CT molecular complexity index is 859. The first-order valence-corrected chi connectivity index (χ1v) is 7.30. The van der Waals surface area contributed by atoms with Gasteiger partial charge in [0.2, 0.25) is 5.89 Å². The van der Waals surface area contributed by atoms with E-state index < -0.39 is 6.61 Å². The second kappa shape index (κ2) is 6.88. The fraction of sp³-hybridized carbons (Fsp3) is 0.118. The van der Waals surface area contributed by atoms with Crippen molar-refractivity contribution in [3.63, 3.8) is 0 Å². The molecule has 24 heavy (non-hydrogen) atoms. The summed E-state index contributed by atoms with van der Waals surface area (Å²) in [6, 6.07) is 11.8. The number of rotatable bonds is 5. The van der Waals surface area contributed by atoms with E-state index in [1.54, 1.807) is 24.3 Å². The van der Waals surface area contributed by atoms with Crippen LogP contribution in [0.1, 0.15) is 11.5 Å². The monoisotopic (exact) mass is 351 g/mol. The summed E-state index contributed by atoms with van der Waals surface area (Å²) in [6.07, 6.45) is 1.55. The quantitative estimate of drug-likeness (QED) is 0.635. The Morgan fingerprint density at radius 1 is 1.21 bits per heavy atom. The van der Waals surface area contributed by atoms with Gasteiger partial charge in [0.15, 0.2) is 17.1 Å². The molecule has 1 heterocycles. The molecule has 124 valence electrons. The Kier molecular flexibility index (Phi) is 4.66. The molecular formula is C17H12ClF2NO3. The minimum absolute atomic E-state index is 0.0803. The van der Waals surface area contributed by atoms with Gasteiger partial charge in [-0.25, -0.2) is 4.98 Å². The zero-order valence-corrected chi connectivity index (χ0v) is 13.3. The topological polar surface area (TPSA) is 44.5 Å². The van der Waals surface area contributed by atoms with Crippen molar-refractivity contribution >= 4 is 33.8 Å². The maximum absolute atomic E-state index is 12.5. The number of nitrogens with zero attached hydrogens (tertiary/aromatic N) is 1. The van der Waals surface area contributed by atoms with Crippen LogP contribution >= 0.6 is 11.6 Å². The van der Waals surface area contributed by atoms with E-state index in [4.69, 9.17) is 20.8 Å². The zero-order chi connectivity index (χ0) is 17.1. The Morgan fingerprint density at radius 2 is 2.00 bits per heavy atom. The summed E-state index contributed by atoms with van der Waals surface area (Å²) in [5.41, 5.74) is 1.82. The lowest BCUT2D eigenvalue weighted by Crippen LogP contribution is -2.03. The third-order valence-electron chi connectivity index (χ3n) is 3.20. The third-order valence-corrected chi connectivity index (χ3v) is 3.47. The number of para-hydroxylation sites is 2. The van der Waals surface area contributed by atoms with Crippen molar-refractivity contribution in [1.29, 1.82) is 0 Å². The van der Waals surface area contributed by atoms with E-state index in [1.807, 2.05) is 12.1 Å². The van der Waals surface area contributed by atoms with E-state index in [1.165, 1.54) is 19.2 Å². The molecule has 1 aromatic heterocycles. The predicted molar refractivity (Wildman–Crippen MR) is 87.4 cm³/mol. The molecule has 4 nitrogen and oxygen atoms in total. The smallest absolute Gasteiger partial charge is 0.387 e. The highest BCUT2D eigenvalue weighted by molar-refractivity contribution is 6.50. The minimum atomic E-state index is -2.95. The van der Waals surface area contributed by atoms with Crippen molar-refractivity contribution < 1.29 is 22.7 Å². The van der Waals surface area contributed by atoms with Crippen molar-refractivity contribution in [2.45, 2.75) is 6.61 Å². The van der Waals surface area contributed by atoms with Gasteiger partial charge in [-0.2, -0.15) is 8.78 Å². The maximum Gasteiger partial charge on any atom is 0.387 e. The van der Waals surface area contributed by atoms with Crippen LogP contribution < -0.4 is 9.47 Å². The van der Waals surface area contributed by atoms with Gasteiger partial charge in [-0.05, 0) is 35.9 Å². The van der Waals surface area contributed by atoms with Crippen molar-refractivity contribution in [3.05, 3.63) is 53.9 Å². The van der Waals surface area contributed by atoms with Gasteiger partial charge in [0.05, 0.1) is 7.11 Å². The van der Waals surface area contributed by atoms with Gasteiger partial charge in [-0.3, -0.25) is 0 Å². The van der Waals surface area contributed by atoms with Crippen LogP contribution in [-0.2, 0) is 0 Å². The van der Waals surface area contributed by atoms with E-state index in [0.29, 0.717) is 16.7 Å². The average molecular weight is 352 g/mol. The van der Waals surface area contributed by atoms with Crippen LogP contribution in [0.15, 0.2) is 46.9 Å². The van der Waals surface area contributed by atoms with Crippen LogP contribution in [0.25, 0.3) is 22.2 Å². The van der Waals surface area contributed by atoms with E-state index in [0.717, 1.165) is 0 Å². The van der Waals surface area contributed by atoms with Crippen LogP contribution in [0, 0.1) is 0 Å². The molecule has 0 unspecified atom stereocenters. The summed E-state index contributed by atoms with van der Waals surface area (Å²) in [5, 5.41) is 0.236. The van der Waals surface area contributed by atoms with Crippen LogP contribution in [0.5, 0.6) is 11.5 Å². The van der Waals surface area contributed by atoms with Crippen molar-refractivity contribution in [1.82, 2.24) is 4.98 Å². The largest absolute Gasteiger partial charge is 0.493 e. The second-order valence-electron chi connectivity index (χ2n) is 4.77. The van der Waals surface area contributed by atoms with Crippen LogP contribution in [0.2, 0.25) is 0 Å². The fourth-order valence-corrected chi connectivity index (χ4v) is 2.36. The third kappa shape index (κ3) is 3.49. The van der Waals surface area contributed by atoms with Gasteiger partial charge in [0.1, 0.15) is 10.5 Å². The normalized spacial score (nSPS) is 12.0. The van der Waals surface area contributed by atoms with Gasteiger partial charge in [-0.1, -0.05) is 29.8 Å². The summed E-state index contributed by atoms with van der Waals surface area (Å²) in [7, 11) is 1.37. The van der Waals surface area contributed by atoms with E-state index in [2.05, 4.69) is 9.72 Å². The van der Waals surface area contributed by atoms with Crippen molar-refractivity contribution in [3.8, 4) is 11.5 Å². The SMILES string of the molecule is COc1ccc(/C=C(\Cl)c2nc3ccccc3o2)cc1OC(F)F. The molecule has 0 radical (unpaired) electrons. The van der Waals surface area contributed by atoms with Crippen molar-refractivity contribution in [2.24, 2.45) is 0 Å². The molecule has 3 rings (SSSR count). The Labute approximate surface area is 141 Å². The summed E-state index contributed by atoms with van der Waals surface area (Å²) >= 11 is 6.23. The summed E-state index contributed by atoms with van der Waals surface area (Å²) in [4.78, 5) is 4.27. The fourth-order valence-electron chi connectivity index (χ4n) is 2.15. The second-order valence-corrected chi connectivity index (χ2v) is 5.18. The van der Waals surface area contributed by atoms with Crippen LogP contribution in [-0.4, -0.2) is 18.7 Å². The summed E-state index contributed by atoms with van der Waals surface area (Å²) < 4.78 is 39.9. The number of halogens is 3. The molecule has 0 aliphatic carbocycles. The highest BCUT2D eigenvalue weighted by Crippen LogP contribution is 2.32. The number of benzene rings is 2. The number of alkyl halides is 2.